The number of aromatic nitrogens is 4. The molecule has 0 spiro atoms. The molecule has 0 amide bonds. The summed E-state index contributed by atoms with van der Waals surface area (Å²) in [4.78, 5) is 0. The Morgan fingerprint density at radius 2 is 0.383 bits per heavy atom. The van der Waals surface area contributed by atoms with Gasteiger partial charge in [0.1, 0.15) is 0 Å². The molecule has 0 saturated heterocycles. The van der Waals surface area contributed by atoms with Crippen LogP contribution in [0.25, 0.3) is 101 Å². The molecule has 4 nitrogen and oxygen atoms in total. The lowest BCUT2D eigenvalue weighted by atomic mass is 9.89. The third kappa shape index (κ3) is 7.30. The largest absolute Gasteiger partial charge is 0.150 e. The molecule has 282 valence electrons. The van der Waals surface area contributed by atoms with Crippen molar-refractivity contribution in [1.82, 2.24) is 20.4 Å². The van der Waals surface area contributed by atoms with Gasteiger partial charge in [0.2, 0.25) is 0 Å². The van der Waals surface area contributed by atoms with Crippen LogP contribution in [-0.2, 0) is 0 Å². The van der Waals surface area contributed by atoms with Gasteiger partial charge in [-0.1, -0.05) is 206 Å². The lowest BCUT2D eigenvalue weighted by molar-refractivity contribution is 1.04. The van der Waals surface area contributed by atoms with Crippen LogP contribution in [0.4, 0.5) is 0 Å². The van der Waals surface area contributed by atoms with Crippen molar-refractivity contribution in [2.75, 3.05) is 0 Å². The Kier molecular flexibility index (Phi) is 9.92. The third-order valence-corrected chi connectivity index (χ3v) is 11.0. The van der Waals surface area contributed by atoms with Gasteiger partial charge >= 0.3 is 0 Å². The maximum atomic E-state index is 4.68. The summed E-state index contributed by atoms with van der Waals surface area (Å²) >= 11 is 0. The lowest BCUT2D eigenvalue weighted by Gasteiger charge is -2.15. The Morgan fingerprint density at radius 1 is 0.150 bits per heavy atom. The van der Waals surface area contributed by atoms with Gasteiger partial charge in [-0.3, -0.25) is 0 Å². The van der Waals surface area contributed by atoms with E-state index in [0.717, 1.165) is 89.5 Å². The minimum absolute atomic E-state index is 0.833. The van der Waals surface area contributed by atoms with E-state index in [1.165, 1.54) is 11.1 Å². The Morgan fingerprint density at radius 3 is 0.717 bits per heavy atom. The average Bonchev–Trinajstić information content (AvgIpc) is 3.35. The molecular weight excluding hydrogens is 729 g/mol. The van der Waals surface area contributed by atoms with Crippen molar-refractivity contribution < 1.29 is 0 Å². The first kappa shape index (κ1) is 36.3. The first-order chi connectivity index (χ1) is 29.8. The molecule has 0 radical (unpaired) electrons. The normalized spacial score (nSPS) is 11.0. The summed E-state index contributed by atoms with van der Waals surface area (Å²) in [6.45, 7) is 0. The molecule has 60 heavy (non-hydrogen) atoms. The van der Waals surface area contributed by atoms with E-state index in [-0.39, 0.29) is 0 Å². The summed E-state index contributed by atoms with van der Waals surface area (Å²) in [6, 6.07) is 80.3. The monoisotopic (exact) mass is 766 g/mol. The Labute approximate surface area is 350 Å². The van der Waals surface area contributed by atoms with E-state index in [4.69, 9.17) is 0 Å². The molecule has 2 heterocycles. The molecule has 0 N–H and O–H groups in total. The average molecular weight is 767 g/mol. The number of hydrogen-bond acceptors (Lipinski definition) is 4. The van der Waals surface area contributed by atoms with Gasteiger partial charge in [0, 0.05) is 22.3 Å². The lowest BCUT2D eigenvalue weighted by Crippen LogP contribution is -1.93. The molecule has 2 aromatic heterocycles. The van der Waals surface area contributed by atoms with Crippen LogP contribution in [0, 0.1) is 0 Å². The summed E-state index contributed by atoms with van der Waals surface area (Å²) in [5.41, 5.74) is 19.0. The minimum Gasteiger partial charge on any atom is -0.150 e. The van der Waals surface area contributed by atoms with E-state index in [9.17, 15) is 0 Å². The number of hydrogen-bond donors (Lipinski definition) is 0. The Bertz CT molecular complexity index is 2820. The molecule has 4 heteroatoms. The van der Waals surface area contributed by atoms with Gasteiger partial charge < -0.3 is 0 Å². The van der Waals surface area contributed by atoms with Crippen molar-refractivity contribution in [3.8, 4) is 101 Å². The van der Waals surface area contributed by atoms with E-state index in [2.05, 4.69) is 227 Å². The van der Waals surface area contributed by atoms with Gasteiger partial charge in [-0.2, -0.15) is 0 Å². The summed E-state index contributed by atoms with van der Waals surface area (Å²) in [6.07, 6.45) is 0. The van der Waals surface area contributed by atoms with Crippen molar-refractivity contribution in [2.45, 2.75) is 0 Å². The molecule has 0 aliphatic carbocycles. The molecule has 10 rings (SSSR count). The van der Waals surface area contributed by atoms with Crippen molar-refractivity contribution >= 4 is 0 Å². The van der Waals surface area contributed by atoms with Crippen molar-refractivity contribution in [2.24, 2.45) is 0 Å². The fraction of sp³-hybridized carbons (Fsp3) is 0. The van der Waals surface area contributed by atoms with E-state index >= 15 is 0 Å². The van der Waals surface area contributed by atoms with Gasteiger partial charge in [-0.15, -0.1) is 20.4 Å². The predicted molar refractivity (Wildman–Crippen MR) is 247 cm³/mol. The zero-order valence-corrected chi connectivity index (χ0v) is 32.7. The maximum Gasteiger partial charge on any atom is 0.0936 e. The van der Waals surface area contributed by atoms with Gasteiger partial charge in [0.25, 0.3) is 0 Å². The number of nitrogens with zero attached hydrogens (tertiary/aromatic N) is 4. The molecule has 0 fully saturated rings. The predicted octanol–water partition coefficient (Wildman–Crippen LogP) is 14.3. The summed E-state index contributed by atoms with van der Waals surface area (Å²) in [5, 5.41) is 18.7. The molecule has 8 aromatic carbocycles. The van der Waals surface area contributed by atoms with Crippen molar-refractivity contribution in [3.05, 3.63) is 231 Å². The van der Waals surface area contributed by atoms with Crippen LogP contribution in [0.15, 0.2) is 231 Å². The van der Waals surface area contributed by atoms with Crippen LogP contribution in [0.3, 0.4) is 0 Å². The molecule has 10 aromatic rings. The summed E-state index contributed by atoms with van der Waals surface area (Å²) < 4.78 is 0. The third-order valence-electron chi connectivity index (χ3n) is 11.0. The fourth-order valence-corrected chi connectivity index (χ4v) is 7.99. The zero-order chi connectivity index (χ0) is 40.1. The maximum absolute atomic E-state index is 4.68. The van der Waals surface area contributed by atoms with Crippen molar-refractivity contribution in [3.63, 3.8) is 0 Å². The van der Waals surface area contributed by atoms with Gasteiger partial charge in [-0.25, -0.2) is 0 Å². The zero-order valence-electron chi connectivity index (χ0n) is 32.7. The second-order valence-corrected chi connectivity index (χ2v) is 14.7. The molecule has 0 saturated carbocycles. The van der Waals surface area contributed by atoms with Crippen LogP contribution in [-0.4, -0.2) is 20.4 Å². The summed E-state index contributed by atoms with van der Waals surface area (Å²) in [7, 11) is 0. The molecule has 0 unspecified atom stereocenters. The van der Waals surface area contributed by atoms with Gasteiger partial charge in [0.05, 0.1) is 22.8 Å². The summed E-state index contributed by atoms with van der Waals surface area (Å²) in [5.74, 6) is 0. The van der Waals surface area contributed by atoms with Crippen LogP contribution >= 0.6 is 0 Å². The van der Waals surface area contributed by atoms with Gasteiger partial charge in [0.15, 0.2) is 0 Å². The van der Waals surface area contributed by atoms with Crippen molar-refractivity contribution in [1.29, 1.82) is 0 Å². The van der Waals surface area contributed by atoms with E-state index in [0.29, 0.717) is 0 Å². The van der Waals surface area contributed by atoms with E-state index < -0.39 is 0 Å². The van der Waals surface area contributed by atoms with Crippen LogP contribution < -0.4 is 0 Å². The van der Waals surface area contributed by atoms with Crippen LogP contribution in [0.2, 0.25) is 0 Å². The molecular formula is C56H38N4. The van der Waals surface area contributed by atoms with E-state index in [1.807, 2.05) is 24.3 Å². The highest BCUT2D eigenvalue weighted by Gasteiger charge is 2.15. The first-order valence-corrected chi connectivity index (χ1v) is 20.1. The molecule has 0 aliphatic rings. The van der Waals surface area contributed by atoms with E-state index in [1.54, 1.807) is 0 Å². The standard InChI is InChI=1S/C56H38N4/c1-3-15-39(16-4-1)47-21-9-13-25-51(47)55-37-35-53(57-59-55)43-31-27-41(28-32-43)45-19-7-11-23-49(45)50-24-12-8-20-46(50)42-29-33-44(34-30-42)54-36-38-56(60-58-54)52-26-14-10-22-48(52)40-17-5-2-6-18-40/h1-38H. The minimum atomic E-state index is 0.833. The topological polar surface area (TPSA) is 51.6 Å². The highest BCUT2D eigenvalue weighted by atomic mass is 15.1. The fourth-order valence-electron chi connectivity index (χ4n) is 7.99. The second kappa shape index (κ2) is 16.4. The number of rotatable bonds is 9. The van der Waals surface area contributed by atoms with Gasteiger partial charge in [-0.05, 0) is 79.9 Å². The Balaban J connectivity index is 0.894. The molecule has 0 atom stereocenters. The molecule has 0 aliphatic heterocycles. The number of benzene rings is 8. The molecule has 0 bridgehead atoms. The van der Waals surface area contributed by atoms with Crippen LogP contribution in [0.1, 0.15) is 0 Å². The van der Waals surface area contributed by atoms with Crippen LogP contribution in [0.5, 0.6) is 0 Å². The first-order valence-electron chi connectivity index (χ1n) is 20.1. The highest BCUT2D eigenvalue weighted by Crippen LogP contribution is 2.39. The highest BCUT2D eigenvalue weighted by molar-refractivity contribution is 5.92. The quantitative estimate of drug-likeness (QED) is 0.147. The smallest absolute Gasteiger partial charge is 0.0936 e. The second-order valence-electron chi connectivity index (χ2n) is 14.7. The Hall–Kier alpha value is -8.08. The SMILES string of the molecule is c1ccc(-c2ccccc2-c2ccc(-c3ccc(-c4ccccc4-c4ccccc4-c4ccc(-c5ccc(-c6ccccc6-c6ccccc6)nn5)cc4)cc3)nn2)cc1.